The van der Waals surface area contributed by atoms with Crippen molar-refractivity contribution >= 4 is 0 Å². The van der Waals surface area contributed by atoms with Gasteiger partial charge < -0.3 is 11.1 Å². The van der Waals surface area contributed by atoms with Crippen molar-refractivity contribution in [1.29, 1.82) is 0 Å². The van der Waals surface area contributed by atoms with Crippen LogP contribution in [0.25, 0.3) is 0 Å². The van der Waals surface area contributed by atoms with Gasteiger partial charge in [-0.3, -0.25) is 0 Å². The van der Waals surface area contributed by atoms with Gasteiger partial charge in [0.15, 0.2) is 0 Å². The van der Waals surface area contributed by atoms with Gasteiger partial charge in [-0.25, -0.2) is 0 Å². The molecule has 1 aliphatic carbocycles. The lowest BCUT2D eigenvalue weighted by molar-refractivity contribution is 0.394. The number of rotatable bonds is 6. The summed E-state index contributed by atoms with van der Waals surface area (Å²) in [7, 11) is 0. The molecule has 1 fully saturated rings. The average molecular weight is 232 g/mol. The third-order valence-electron chi connectivity index (χ3n) is 3.61. The van der Waals surface area contributed by atoms with E-state index in [-0.39, 0.29) is 5.54 Å². The fourth-order valence-corrected chi connectivity index (χ4v) is 2.51. The summed E-state index contributed by atoms with van der Waals surface area (Å²) in [5.74, 6) is 0.702. The molecule has 3 N–H and O–H groups in total. The van der Waals surface area contributed by atoms with Crippen LogP contribution in [0, 0.1) is 0 Å². The van der Waals surface area contributed by atoms with Gasteiger partial charge in [-0.15, -0.1) is 0 Å². The third-order valence-corrected chi connectivity index (χ3v) is 3.61. The lowest BCUT2D eigenvalue weighted by Gasteiger charge is -2.24. The van der Waals surface area contributed by atoms with E-state index in [0.29, 0.717) is 12.0 Å². The molecule has 2 heteroatoms. The third kappa shape index (κ3) is 3.55. The monoisotopic (exact) mass is 232 g/mol. The van der Waals surface area contributed by atoms with E-state index in [4.69, 9.17) is 5.73 Å². The Kier molecular flexibility index (Phi) is 3.85. The van der Waals surface area contributed by atoms with Gasteiger partial charge in [-0.05, 0) is 25.3 Å². The van der Waals surface area contributed by atoms with Crippen LogP contribution in [0.3, 0.4) is 0 Å². The normalized spacial score (nSPS) is 26.5. The minimum Gasteiger partial charge on any atom is -0.324 e. The largest absolute Gasteiger partial charge is 0.324 e. The highest BCUT2D eigenvalue weighted by Crippen LogP contribution is 2.40. The van der Waals surface area contributed by atoms with E-state index in [9.17, 15) is 0 Å². The molecule has 0 heterocycles. The lowest BCUT2D eigenvalue weighted by Crippen LogP contribution is -2.46. The van der Waals surface area contributed by atoms with E-state index >= 15 is 0 Å². The zero-order chi connectivity index (χ0) is 12.3. The Balaban J connectivity index is 1.77. The van der Waals surface area contributed by atoms with Gasteiger partial charge in [0.2, 0.25) is 0 Å². The van der Waals surface area contributed by atoms with Crippen molar-refractivity contribution in [3.63, 3.8) is 0 Å². The number of hydrogen-bond donors (Lipinski definition) is 2. The standard InChI is InChI=1S/C15H24N2/c1-3-9-15(2,16)11-17-14-10-13(14)12-7-5-4-6-8-12/h4-8,13-14,17H,3,9-11,16H2,1-2H3. The van der Waals surface area contributed by atoms with Gasteiger partial charge in [-0.2, -0.15) is 0 Å². The Morgan fingerprint density at radius 1 is 1.35 bits per heavy atom. The zero-order valence-electron chi connectivity index (χ0n) is 10.9. The van der Waals surface area contributed by atoms with Crippen molar-refractivity contribution < 1.29 is 0 Å². The topological polar surface area (TPSA) is 38.0 Å². The van der Waals surface area contributed by atoms with E-state index in [2.05, 4.69) is 49.5 Å². The first-order valence-corrected chi connectivity index (χ1v) is 6.69. The molecule has 0 aromatic heterocycles. The molecule has 1 aromatic rings. The molecule has 0 spiro atoms. The number of benzene rings is 1. The molecule has 1 aliphatic rings. The highest BCUT2D eigenvalue weighted by molar-refractivity contribution is 5.27. The van der Waals surface area contributed by atoms with Crippen molar-refractivity contribution in [3.8, 4) is 0 Å². The summed E-state index contributed by atoms with van der Waals surface area (Å²) in [4.78, 5) is 0. The molecule has 0 radical (unpaired) electrons. The van der Waals surface area contributed by atoms with E-state index < -0.39 is 0 Å². The molecule has 0 aliphatic heterocycles. The Morgan fingerprint density at radius 2 is 2.06 bits per heavy atom. The van der Waals surface area contributed by atoms with E-state index in [1.54, 1.807) is 0 Å². The van der Waals surface area contributed by atoms with Crippen LogP contribution in [0.5, 0.6) is 0 Å². The Hall–Kier alpha value is -0.860. The Bertz CT molecular complexity index is 345. The van der Waals surface area contributed by atoms with Crippen LogP contribution in [0.15, 0.2) is 30.3 Å². The molecule has 17 heavy (non-hydrogen) atoms. The fourth-order valence-electron chi connectivity index (χ4n) is 2.51. The van der Waals surface area contributed by atoms with Gasteiger partial charge in [0.1, 0.15) is 0 Å². The van der Waals surface area contributed by atoms with Crippen LogP contribution in [0.1, 0.15) is 44.6 Å². The molecule has 2 rings (SSSR count). The minimum atomic E-state index is -0.0570. The van der Waals surface area contributed by atoms with E-state index in [1.807, 2.05) is 0 Å². The summed E-state index contributed by atoms with van der Waals surface area (Å²) in [5, 5.41) is 3.61. The number of hydrogen-bond acceptors (Lipinski definition) is 2. The first kappa shape index (κ1) is 12.6. The summed E-state index contributed by atoms with van der Waals surface area (Å²) >= 11 is 0. The second-order valence-corrected chi connectivity index (χ2v) is 5.64. The van der Waals surface area contributed by atoms with E-state index in [0.717, 1.165) is 19.4 Å². The maximum absolute atomic E-state index is 6.22. The molecule has 94 valence electrons. The van der Waals surface area contributed by atoms with Crippen LogP contribution in [-0.4, -0.2) is 18.1 Å². The fraction of sp³-hybridized carbons (Fsp3) is 0.600. The van der Waals surface area contributed by atoms with Crippen LogP contribution < -0.4 is 11.1 Å². The predicted molar refractivity (Wildman–Crippen MR) is 73.1 cm³/mol. The average Bonchev–Trinajstić information content (AvgIpc) is 3.07. The van der Waals surface area contributed by atoms with Crippen LogP contribution >= 0.6 is 0 Å². The summed E-state index contributed by atoms with van der Waals surface area (Å²) < 4.78 is 0. The summed E-state index contributed by atoms with van der Waals surface area (Å²) in [6.45, 7) is 5.26. The zero-order valence-corrected chi connectivity index (χ0v) is 10.9. The maximum Gasteiger partial charge on any atom is 0.0252 e. The molecule has 2 nitrogen and oxygen atoms in total. The molecule has 1 saturated carbocycles. The van der Waals surface area contributed by atoms with Crippen LogP contribution in [0.2, 0.25) is 0 Å². The molecule has 0 saturated heterocycles. The Morgan fingerprint density at radius 3 is 2.71 bits per heavy atom. The highest BCUT2D eigenvalue weighted by Gasteiger charge is 2.38. The first-order valence-electron chi connectivity index (χ1n) is 6.69. The van der Waals surface area contributed by atoms with Gasteiger partial charge in [0.25, 0.3) is 0 Å². The molecule has 0 bridgehead atoms. The molecule has 3 unspecified atom stereocenters. The van der Waals surface area contributed by atoms with Gasteiger partial charge in [-0.1, -0.05) is 43.7 Å². The van der Waals surface area contributed by atoms with Crippen molar-refractivity contribution in [3.05, 3.63) is 35.9 Å². The van der Waals surface area contributed by atoms with Crippen molar-refractivity contribution in [2.24, 2.45) is 5.73 Å². The first-order chi connectivity index (χ1) is 8.12. The van der Waals surface area contributed by atoms with Crippen molar-refractivity contribution in [1.82, 2.24) is 5.32 Å². The SMILES string of the molecule is CCCC(C)(N)CNC1CC1c1ccccc1. The number of nitrogens with two attached hydrogens (primary N) is 1. The van der Waals surface area contributed by atoms with Crippen molar-refractivity contribution in [2.75, 3.05) is 6.54 Å². The highest BCUT2D eigenvalue weighted by atomic mass is 15.0. The minimum absolute atomic E-state index is 0.0570. The number of nitrogens with one attached hydrogen (secondary N) is 1. The van der Waals surface area contributed by atoms with Crippen LogP contribution in [-0.2, 0) is 0 Å². The maximum atomic E-state index is 6.22. The molecular weight excluding hydrogens is 208 g/mol. The van der Waals surface area contributed by atoms with Crippen LogP contribution in [0.4, 0.5) is 0 Å². The lowest BCUT2D eigenvalue weighted by atomic mass is 9.97. The summed E-state index contributed by atoms with van der Waals surface area (Å²) in [6, 6.07) is 11.4. The van der Waals surface area contributed by atoms with E-state index in [1.165, 1.54) is 12.0 Å². The quantitative estimate of drug-likeness (QED) is 0.791. The summed E-state index contributed by atoms with van der Waals surface area (Å²) in [5.41, 5.74) is 7.63. The molecular formula is C15H24N2. The van der Waals surface area contributed by atoms with Gasteiger partial charge in [0, 0.05) is 24.0 Å². The second kappa shape index (κ2) is 5.19. The molecule has 1 aromatic carbocycles. The smallest absolute Gasteiger partial charge is 0.0252 e. The molecule has 3 atom stereocenters. The van der Waals surface area contributed by atoms with Gasteiger partial charge in [0.05, 0.1) is 0 Å². The second-order valence-electron chi connectivity index (χ2n) is 5.64. The summed E-state index contributed by atoms with van der Waals surface area (Å²) in [6.07, 6.45) is 3.50. The van der Waals surface area contributed by atoms with Crippen molar-refractivity contribution in [2.45, 2.75) is 50.6 Å². The predicted octanol–water partition coefficient (Wildman–Crippen LogP) is 2.65. The van der Waals surface area contributed by atoms with Gasteiger partial charge >= 0.3 is 0 Å². The molecule has 0 amide bonds. The Labute approximate surface area is 105 Å².